The third-order valence-corrected chi connectivity index (χ3v) is 5.22. The molecule has 6 nitrogen and oxygen atoms in total. The molecule has 0 atom stereocenters. The summed E-state index contributed by atoms with van der Waals surface area (Å²) in [5.41, 5.74) is 3.06. The number of carbonyl (C=O) groups excluding carboxylic acids is 1. The normalized spacial score (nSPS) is 14.5. The minimum Gasteiger partial charge on any atom is -0.493 e. The highest BCUT2D eigenvalue weighted by Crippen LogP contribution is 2.36. The van der Waals surface area contributed by atoms with E-state index in [9.17, 15) is 4.79 Å². The zero-order valence-electron chi connectivity index (χ0n) is 18.0. The van der Waals surface area contributed by atoms with Crippen LogP contribution in [0.4, 0.5) is 0 Å². The SMILES string of the molecule is CCOc1c(Cl)cc(C=CC(=O)NCc2cccc(CN3CCOCC3)c2)cc1OC. The smallest absolute Gasteiger partial charge is 0.244 e. The Balaban J connectivity index is 1.56. The van der Waals surface area contributed by atoms with Crippen molar-refractivity contribution in [2.24, 2.45) is 0 Å². The van der Waals surface area contributed by atoms with Gasteiger partial charge < -0.3 is 19.5 Å². The molecule has 1 fully saturated rings. The van der Waals surface area contributed by atoms with Gasteiger partial charge in [0.05, 0.1) is 32.0 Å². The lowest BCUT2D eigenvalue weighted by Crippen LogP contribution is -2.35. The molecular weight excluding hydrogens is 416 g/mol. The molecule has 0 unspecified atom stereocenters. The van der Waals surface area contributed by atoms with Gasteiger partial charge in [0.1, 0.15) is 0 Å². The highest BCUT2D eigenvalue weighted by atomic mass is 35.5. The van der Waals surface area contributed by atoms with E-state index in [0.717, 1.165) is 44.0 Å². The monoisotopic (exact) mass is 444 g/mol. The van der Waals surface area contributed by atoms with Crippen LogP contribution in [0, 0.1) is 0 Å². The molecule has 166 valence electrons. The van der Waals surface area contributed by atoms with Crippen molar-refractivity contribution in [3.8, 4) is 11.5 Å². The Morgan fingerprint density at radius 3 is 2.74 bits per heavy atom. The fourth-order valence-electron chi connectivity index (χ4n) is 3.40. The maximum absolute atomic E-state index is 12.3. The second kappa shape index (κ2) is 11.7. The van der Waals surface area contributed by atoms with Crippen molar-refractivity contribution in [3.63, 3.8) is 0 Å². The Kier molecular flexibility index (Phi) is 8.76. The van der Waals surface area contributed by atoms with Crippen molar-refractivity contribution >= 4 is 23.6 Å². The zero-order chi connectivity index (χ0) is 22.1. The van der Waals surface area contributed by atoms with Crippen molar-refractivity contribution < 1.29 is 19.0 Å². The van der Waals surface area contributed by atoms with Crippen LogP contribution in [0.1, 0.15) is 23.6 Å². The first-order chi connectivity index (χ1) is 15.1. The van der Waals surface area contributed by atoms with Crippen LogP contribution in [-0.4, -0.2) is 50.8 Å². The van der Waals surface area contributed by atoms with Crippen molar-refractivity contribution in [2.75, 3.05) is 40.0 Å². The lowest BCUT2D eigenvalue weighted by molar-refractivity contribution is -0.116. The minimum atomic E-state index is -0.178. The highest BCUT2D eigenvalue weighted by molar-refractivity contribution is 6.32. The van der Waals surface area contributed by atoms with E-state index in [1.807, 2.05) is 19.1 Å². The number of benzene rings is 2. The molecule has 1 aliphatic heterocycles. The van der Waals surface area contributed by atoms with E-state index < -0.39 is 0 Å². The van der Waals surface area contributed by atoms with Crippen LogP contribution < -0.4 is 14.8 Å². The lowest BCUT2D eigenvalue weighted by atomic mass is 10.1. The topological polar surface area (TPSA) is 60.0 Å². The Morgan fingerprint density at radius 1 is 1.23 bits per heavy atom. The van der Waals surface area contributed by atoms with Crippen LogP contribution in [-0.2, 0) is 22.6 Å². The minimum absolute atomic E-state index is 0.178. The maximum atomic E-state index is 12.3. The molecule has 1 saturated heterocycles. The molecular formula is C24H29ClN2O4. The van der Waals surface area contributed by atoms with Crippen molar-refractivity contribution in [1.82, 2.24) is 10.2 Å². The number of nitrogens with zero attached hydrogens (tertiary/aromatic N) is 1. The summed E-state index contributed by atoms with van der Waals surface area (Å²) in [6, 6.07) is 11.8. The van der Waals surface area contributed by atoms with E-state index in [1.54, 1.807) is 25.3 Å². The number of amides is 1. The van der Waals surface area contributed by atoms with Gasteiger partial charge in [-0.25, -0.2) is 0 Å². The quantitative estimate of drug-likeness (QED) is 0.594. The number of hydrogen-bond donors (Lipinski definition) is 1. The molecule has 1 N–H and O–H groups in total. The predicted molar refractivity (Wildman–Crippen MR) is 123 cm³/mol. The summed E-state index contributed by atoms with van der Waals surface area (Å²) >= 11 is 6.28. The fourth-order valence-corrected chi connectivity index (χ4v) is 3.67. The molecule has 31 heavy (non-hydrogen) atoms. The summed E-state index contributed by atoms with van der Waals surface area (Å²) in [7, 11) is 1.56. The largest absolute Gasteiger partial charge is 0.493 e. The number of carbonyl (C=O) groups is 1. The summed E-state index contributed by atoms with van der Waals surface area (Å²) in [5.74, 6) is 0.860. The third kappa shape index (κ3) is 6.99. The molecule has 0 bridgehead atoms. The van der Waals surface area contributed by atoms with Crippen LogP contribution in [0.2, 0.25) is 5.02 Å². The number of rotatable bonds is 9. The number of nitrogens with one attached hydrogen (secondary N) is 1. The average molecular weight is 445 g/mol. The Morgan fingerprint density at radius 2 is 2.00 bits per heavy atom. The molecule has 0 saturated carbocycles. The van der Waals surface area contributed by atoms with Gasteiger partial charge >= 0.3 is 0 Å². The first-order valence-electron chi connectivity index (χ1n) is 10.4. The number of halogens is 1. The molecule has 7 heteroatoms. The van der Waals surface area contributed by atoms with Gasteiger partial charge in [0, 0.05) is 32.3 Å². The van der Waals surface area contributed by atoms with Crippen molar-refractivity contribution in [3.05, 3.63) is 64.2 Å². The van der Waals surface area contributed by atoms with Crippen LogP contribution in [0.3, 0.4) is 0 Å². The first-order valence-corrected chi connectivity index (χ1v) is 10.8. The number of hydrogen-bond acceptors (Lipinski definition) is 5. The first kappa shape index (κ1) is 23.1. The van der Waals surface area contributed by atoms with Gasteiger partial charge in [0.2, 0.25) is 5.91 Å². The molecule has 1 aliphatic rings. The summed E-state index contributed by atoms with van der Waals surface area (Å²) in [5, 5.41) is 3.37. The molecule has 0 aliphatic carbocycles. The molecule has 3 rings (SSSR count). The Hall–Kier alpha value is -2.54. The number of morpholine rings is 1. The standard InChI is InChI=1S/C24H29ClN2O4/c1-3-31-24-21(25)14-18(15-22(24)29-2)7-8-23(28)26-16-19-5-4-6-20(13-19)17-27-9-11-30-12-10-27/h4-8,13-15H,3,9-12,16-17H2,1-2H3,(H,26,28). The summed E-state index contributed by atoms with van der Waals surface area (Å²) in [6.45, 7) is 7.20. The van der Waals surface area contributed by atoms with Gasteiger partial charge in [-0.05, 0) is 41.8 Å². The van der Waals surface area contributed by atoms with Gasteiger partial charge in [-0.2, -0.15) is 0 Å². The number of methoxy groups -OCH3 is 1. The van der Waals surface area contributed by atoms with E-state index in [2.05, 4.69) is 22.3 Å². The van der Waals surface area contributed by atoms with E-state index in [4.69, 9.17) is 25.8 Å². The molecule has 0 spiro atoms. The molecule has 2 aromatic rings. The average Bonchev–Trinajstić information content (AvgIpc) is 2.78. The van der Waals surface area contributed by atoms with Crippen LogP contribution in [0.15, 0.2) is 42.5 Å². The predicted octanol–water partition coefficient (Wildman–Crippen LogP) is 3.91. The van der Waals surface area contributed by atoms with Gasteiger partial charge in [0.25, 0.3) is 0 Å². The second-order valence-electron chi connectivity index (χ2n) is 7.23. The Bertz CT molecular complexity index is 910. The van der Waals surface area contributed by atoms with Crippen molar-refractivity contribution in [1.29, 1.82) is 0 Å². The fraction of sp³-hybridized carbons (Fsp3) is 0.375. The second-order valence-corrected chi connectivity index (χ2v) is 7.63. The highest BCUT2D eigenvalue weighted by Gasteiger charge is 2.12. The van der Waals surface area contributed by atoms with E-state index in [0.29, 0.717) is 29.7 Å². The van der Waals surface area contributed by atoms with E-state index >= 15 is 0 Å². The summed E-state index contributed by atoms with van der Waals surface area (Å²) in [6.07, 6.45) is 3.19. The zero-order valence-corrected chi connectivity index (χ0v) is 18.8. The summed E-state index contributed by atoms with van der Waals surface area (Å²) < 4.78 is 16.3. The third-order valence-electron chi connectivity index (χ3n) is 4.94. The van der Waals surface area contributed by atoms with Crippen LogP contribution >= 0.6 is 11.6 Å². The molecule has 0 aromatic heterocycles. The van der Waals surface area contributed by atoms with Gasteiger partial charge in [-0.15, -0.1) is 0 Å². The molecule has 0 radical (unpaired) electrons. The van der Waals surface area contributed by atoms with Gasteiger partial charge in [-0.3, -0.25) is 9.69 Å². The summed E-state index contributed by atoms with van der Waals surface area (Å²) in [4.78, 5) is 14.7. The molecule has 1 amide bonds. The van der Waals surface area contributed by atoms with Gasteiger partial charge in [0.15, 0.2) is 11.5 Å². The maximum Gasteiger partial charge on any atom is 0.244 e. The van der Waals surface area contributed by atoms with Gasteiger partial charge in [-0.1, -0.05) is 35.9 Å². The molecule has 2 aromatic carbocycles. The number of ether oxygens (including phenoxy) is 3. The van der Waals surface area contributed by atoms with Crippen molar-refractivity contribution in [2.45, 2.75) is 20.0 Å². The van der Waals surface area contributed by atoms with E-state index in [1.165, 1.54) is 11.6 Å². The molecule has 1 heterocycles. The van der Waals surface area contributed by atoms with Crippen LogP contribution in [0.5, 0.6) is 11.5 Å². The van der Waals surface area contributed by atoms with E-state index in [-0.39, 0.29) is 5.91 Å². The van der Waals surface area contributed by atoms with Crippen LogP contribution in [0.25, 0.3) is 6.08 Å². The Labute approximate surface area is 188 Å². The lowest BCUT2D eigenvalue weighted by Gasteiger charge is -2.26.